The van der Waals surface area contributed by atoms with E-state index >= 15 is 0 Å². The number of hydrogen-bond acceptors (Lipinski definition) is 2. The summed E-state index contributed by atoms with van der Waals surface area (Å²) in [6.07, 6.45) is 0. The molecular weight excluding hydrogens is 221 g/mol. The first-order valence-electron chi connectivity index (χ1n) is 3.22. The zero-order chi connectivity index (χ0) is 9.14. The van der Waals surface area contributed by atoms with Gasteiger partial charge in [0.05, 0.1) is 5.02 Å². The van der Waals surface area contributed by atoms with E-state index in [0.717, 1.165) is 12.1 Å². The average molecular weight is 229 g/mol. The molecule has 0 aliphatic rings. The van der Waals surface area contributed by atoms with E-state index in [2.05, 4.69) is 5.43 Å². The van der Waals surface area contributed by atoms with Crippen LogP contribution in [0.2, 0.25) is 5.02 Å². The molecule has 0 saturated carbocycles. The minimum absolute atomic E-state index is 0. The molecule has 74 valence electrons. The first-order chi connectivity index (χ1) is 5.66. The number of hydrazine groups is 1. The first kappa shape index (κ1) is 12.6. The minimum atomic E-state index is -0.769. The maximum absolute atomic E-state index is 13.0. The molecule has 0 aromatic heterocycles. The molecule has 0 aliphatic heterocycles. The summed E-state index contributed by atoms with van der Waals surface area (Å²) in [5.74, 6) is 3.50. The molecule has 1 rings (SSSR count). The third-order valence-electron chi connectivity index (χ3n) is 1.42. The van der Waals surface area contributed by atoms with Crippen LogP contribution >= 0.6 is 24.0 Å². The summed E-state index contributed by atoms with van der Waals surface area (Å²) in [4.78, 5) is 0. The lowest BCUT2D eigenvalue weighted by Crippen LogP contribution is -2.22. The van der Waals surface area contributed by atoms with Crippen LogP contribution in [0, 0.1) is 11.6 Å². The van der Waals surface area contributed by atoms with Gasteiger partial charge in [0.25, 0.3) is 0 Å². The molecule has 13 heavy (non-hydrogen) atoms. The third-order valence-corrected chi connectivity index (χ3v) is 1.71. The highest BCUT2D eigenvalue weighted by molar-refractivity contribution is 6.30. The Hall–Kier alpha value is -0.420. The van der Waals surface area contributed by atoms with Gasteiger partial charge in [0, 0.05) is 12.1 Å². The number of halogens is 4. The second-order valence-corrected chi connectivity index (χ2v) is 2.61. The van der Waals surface area contributed by atoms with Crippen molar-refractivity contribution in [3.05, 3.63) is 34.4 Å². The molecule has 0 amide bonds. The zero-order valence-electron chi connectivity index (χ0n) is 6.48. The lowest BCUT2D eigenvalue weighted by molar-refractivity contribution is 0.540. The second-order valence-electron chi connectivity index (χ2n) is 2.20. The van der Waals surface area contributed by atoms with Crippen LogP contribution in [0.5, 0.6) is 0 Å². The Labute approximate surface area is 85.4 Å². The number of benzene rings is 1. The molecule has 1 aromatic carbocycles. The fourth-order valence-corrected chi connectivity index (χ4v) is 1.01. The first-order valence-corrected chi connectivity index (χ1v) is 3.60. The van der Waals surface area contributed by atoms with Gasteiger partial charge in [0.2, 0.25) is 0 Å². The molecule has 0 saturated heterocycles. The smallest absolute Gasteiger partial charge is 0.149 e. The van der Waals surface area contributed by atoms with Gasteiger partial charge < -0.3 is 0 Å². The Kier molecular flexibility index (Phi) is 5.17. The number of hydrogen-bond donors (Lipinski definition) is 2. The van der Waals surface area contributed by atoms with Gasteiger partial charge in [0.15, 0.2) is 0 Å². The van der Waals surface area contributed by atoms with Crippen LogP contribution in [0.25, 0.3) is 0 Å². The molecule has 0 aliphatic carbocycles. The average Bonchev–Trinajstić information content (AvgIpc) is 2.06. The van der Waals surface area contributed by atoms with Crippen LogP contribution in [0.3, 0.4) is 0 Å². The Morgan fingerprint density at radius 2 is 2.00 bits per heavy atom. The van der Waals surface area contributed by atoms with Crippen molar-refractivity contribution >= 4 is 24.0 Å². The van der Waals surface area contributed by atoms with Gasteiger partial charge in [-0.1, -0.05) is 11.6 Å². The summed E-state index contributed by atoms with van der Waals surface area (Å²) in [7, 11) is 0. The van der Waals surface area contributed by atoms with Crippen LogP contribution < -0.4 is 11.3 Å². The molecule has 0 fully saturated rings. The third kappa shape index (κ3) is 2.77. The molecule has 6 heteroatoms. The quantitative estimate of drug-likeness (QED) is 0.462. The molecule has 2 nitrogen and oxygen atoms in total. The molecule has 0 atom stereocenters. The van der Waals surface area contributed by atoms with E-state index < -0.39 is 11.6 Å². The second kappa shape index (κ2) is 5.34. The molecule has 1 aromatic rings. The summed E-state index contributed by atoms with van der Waals surface area (Å²) in [5, 5.41) is -0.110. The predicted octanol–water partition coefficient (Wildman–Crippen LogP) is 2.00. The maximum atomic E-state index is 13.0. The molecule has 0 unspecified atom stereocenters. The largest absolute Gasteiger partial charge is 0.271 e. The van der Waals surface area contributed by atoms with Gasteiger partial charge in [-0.2, -0.15) is 0 Å². The van der Waals surface area contributed by atoms with Crippen molar-refractivity contribution in [2.75, 3.05) is 0 Å². The SMILES string of the molecule is Cl.NNCc1c(F)ccc(Cl)c1F. The van der Waals surface area contributed by atoms with E-state index in [4.69, 9.17) is 17.4 Å². The van der Waals surface area contributed by atoms with Crippen molar-refractivity contribution in [1.82, 2.24) is 5.43 Å². The summed E-state index contributed by atoms with van der Waals surface area (Å²) in [6, 6.07) is 2.25. The van der Waals surface area contributed by atoms with Crippen LogP contribution in [0.4, 0.5) is 8.78 Å². The number of nitrogens with one attached hydrogen (secondary N) is 1. The van der Waals surface area contributed by atoms with E-state index in [0.29, 0.717) is 0 Å². The van der Waals surface area contributed by atoms with Gasteiger partial charge >= 0.3 is 0 Å². The molecule has 0 radical (unpaired) electrons. The van der Waals surface area contributed by atoms with Gasteiger partial charge in [-0.3, -0.25) is 11.3 Å². The topological polar surface area (TPSA) is 38.0 Å². The fourth-order valence-electron chi connectivity index (χ4n) is 0.833. The number of nitrogens with two attached hydrogens (primary N) is 1. The van der Waals surface area contributed by atoms with Gasteiger partial charge in [-0.15, -0.1) is 12.4 Å². The minimum Gasteiger partial charge on any atom is -0.271 e. The number of rotatable bonds is 2. The van der Waals surface area contributed by atoms with Crippen LogP contribution in [0.15, 0.2) is 12.1 Å². The van der Waals surface area contributed by atoms with Gasteiger partial charge in [0.1, 0.15) is 11.6 Å². The van der Waals surface area contributed by atoms with Crippen molar-refractivity contribution in [2.45, 2.75) is 6.54 Å². The highest BCUT2D eigenvalue weighted by Crippen LogP contribution is 2.20. The van der Waals surface area contributed by atoms with Crippen molar-refractivity contribution in [3.8, 4) is 0 Å². The summed E-state index contributed by atoms with van der Waals surface area (Å²) >= 11 is 5.41. The highest BCUT2D eigenvalue weighted by Gasteiger charge is 2.10. The molecular formula is C7H8Cl2F2N2. The summed E-state index contributed by atoms with van der Waals surface area (Å²) < 4.78 is 25.8. The standard InChI is InChI=1S/C7H7ClF2N2.ClH/c8-5-1-2-6(9)4(3-12-11)7(5)10;/h1-2,12H,3,11H2;1H. The van der Waals surface area contributed by atoms with Crippen LogP contribution in [0.1, 0.15) is 5.56 Å². The van der Waals surface area contributed by atoms with E-state index in [1.165, 1.54) is 0 Å². The van der Waals surface area contributed by atoms with Gasteiger partial charge in [-0.05, 0) is 12.1 Å². The van der Waals surface area contributed by atoms with E-state index in [9.17, 15) is 8.78 Å². The van der Waals surface area contributed by atoms with Crippen LogP contribution in [-0.4, -0.2) is 0 Å². The predicted molar refractivity (Wildman–Crippen MR) is 49.6 cm³/mol. The molecule has 0 bridgehead atoms. The van der Waals surface area contributed by atoms with E-state index in [1.54, 1.807) is 0 Å². The summed E-state index contributed by atoms with van der Waals surface area (Å²) in [5.41, 5.74) is 2.01. The Bertz CT molecular complexity index is 294. The Morgan fingerprint density at radius 1 is 1.38 bits per heavy atom. The van der Waals surface area contributed by atoms with Crippen molar-refractivity contribution in [3.63, 3.8) is 0 Å². The lowest BCUT2D eigenvalue weighted by atomic mass is 10.2. The highest BCUT2D eigenvalue weighted by atomic mass is 35.5. The monoisotopic (exact) mass is 228 g/mol. The normalized spacial score (nSPS) is 9.54. The fraction of sp³-hybridized carbons (Fsp3) is 0.143. The van der Waals surface area contributed by atoms with E-state index in [1.807, 2.05) is 0 Å². The molecule has 0 heterocycles. The molecule has 0 spiro atoms. The van der Waals surface area contributed by atoms with E-state index in [-0.39, 0.29) is 29.5 Å². The van der Waals surface area contributed by atoms with Gasteiger partial charge in [-0.25, -0.2) is 8.78 Å². The Balaban J connectivity index is 0.00000144. The van der Waals surface area contributed by atoms with Crippen molar-refractivity contribution in [2.24, 2.45) is 5.84 Å². The maximum Gasteiger partial charge on any atom is 0.149 e. The van der Waals surface area contributed by atoms with Crippen molar-refractivity contribution in [1.29, 1.82) is 0 Å². The summed E-state index contributed by atoms with van der Waals surface area (Å²) in [6.45, 7) is -0.0851. The van der Waals surface area contributed by atoms with Crippen molar-refractivity contribution < 1.29 is 8.78 Å². The lowest BCUT2D eigenvalue weighted by Gasteiger charge is -2.04. The Morgan fingerprint density at radius 3 is 2.54 bits per heavy atom. The molecule has 3 N–H and O–H groups in total. The zero-order valence-corrected chi connectivity index (χ0v) is 8.05. The van der Waals surface area contributed by atoms with Crippen LogP contribution in [-0.2, 0) is 6.54 Å².